The molecule has 0 bridgehead atoms. The molecule has 0 aromatic heterocycles. The molecule has 2 rings (SSSR count). The highest BCUT2D eigenvalue weighted by atomic mass is 19.4. The van der Waals surface area contributed by atoms with Crippen LogP contribution in [0.2, 0.25) is 0 Å². The molecule has 0 fully saturated rings. The zero-order valence-electron chi connectivity index (χ0n) is 14.4. The maximum atomic E-state index is 14.0. The Morgan fingerprint density at radius 1 is 1.15 bits per heavy atom. The van der Waals surface area contributed by atoms with Gasteiger partial charge in [-0.2, -0.15) is 13.2 Å². The molecule has 1 N–H and O–H groups in total. The molecule has 140 valence electrons. The molecule has 0 aliphatic heterocycles. The Labute approximate surface area is 149 Å². The number of aryl methyl sites for hydroxylation is 1. The first-order chi connectivity index (χ1) is 12.3. The van der Waals surface area contributed by atoms with Crippen LogP contribution in [0.25, 0.3) is 0 Å². The van der Waals surface area contributed by atoms with Crippen molar-refractivity contribution in [1.29, 1.82) is 0 Å². The summed E-state index contributed by atoms with van der Waals surface area (Å²) in [6.45, 7) is 2.92. The summed E-state index contributed by atoms with van der Waals surface area (Å²) in [5.74, 6) is -1.22. The molecule has 0 unspecified atom stereocenters. The van der Waals surface area contributed by atoms with Gasteiger partial charge in [-0.1, -0.05) is 26.0 Å². The monoisotopic (exact) mass is 369 g/mol. The van der Waals surface area contributed by atoms with E-state index in [0.717, 1.165) is 11.6 Å². The lowest BCUT2D eigenvalue weighted by Gasteiger charge is -2.18. The van der Waals surface area contributed by atoms with Crippen LogP contribution in [0.4, 0.5) is 23.2 Å². The fraction of sp³-hybridized carbons (Fsp3) is 0.316. The molecule has 0 aliphatic carbocycles. The predicted octanol–water partition coefficient (Wildman–Crippen LogP) is 5.33. The van der Waals surface area contributed by atoms with Crippen LogP contribution in [0.1, 0.15) is 37.0 Å². The second kappa shape index (κ2) is 8.21. The van der Waals surface area contributed by atoms with E-state index in [0.29, 0.717) is 6.42 Å². The van der Waals surface area contributed by atoms with Gasteiger partial charge < -0.3 is 10.1 Å². The first-order valence-electron chi connectivity index (χ1n) is 8.16. The Morgan fingerprint density at radius 3 is 2.46 bits per heavy atom. The van der Waals surface area contributed by atoms with Crippen LogP contribution in [0.5, 0.6) is 5.75 Å². The third-order valence-electron chi connectivity index (χ3n) is 3.85. The van der Waals surface area contributed by atoms with Crippen LogP contribution in [0, 0.1) is 5.82 Å². The number of halogens is 4. The summed E-state index contributed by atoms with van der Waals surface area (Å²) in [6.07, 6.45) is -3.89. The fourth-order valence-electron chi connectivity index (χ4n) is 2.39. The summed E-state index contributed by atoms with van der Waals surface area (Å²) in [7, 11) is 0. The van der Waals surface area contributed by atoms with Crippen molar-refractivity contribution < 1.29 is 27.1 Å². The van der Waals surface area contributed by atoms with Gasteiger partial charge in [0.15, 0.2) is 11.6 Å². The van der Waals surface area contributed by atoms with Gasteiger partial charge in [0.25, 0.3) is 0 Å². The first-order valence-corrected chi connectivity index (χ1v) is 8.16. The van der Waals surface area contributed by atoms with Crippen LogP contribution in [-0.2, 0) is 24.0 Å². The standard InChI is InChI=1S/C19H19F4NO2/c1-3-12-8-9-17(15(20)10-12)26-11-13-14(19(21,22)23)6-5-7-16(13)24-18(25)4-2/h5-10H,3-4,11H2,1-2H3,(H,24,25). The number of amides is 1. The summed E-state index contributed by atoms with van der Waals surface area (Å²) >= 11 is 0. The third kappa shape index (κ3) is 4.74. The van der Waals surface area contributed by atoms with Gasteiger partial charge in [-0.25, -0.2) is 4.39 Å². The summed E-state index contributed by atoms with van der Waals surface area (Å²) in [4.78, 5) is 11.6. The van der Waals surface area contributed by atoms with Crippen LogP contribution >= 0.6 is 0 Å². The van der Waals surface area contributed by atoms with Gasteiger partial charge in [-0.3, -0.25) is 4.79 Å². The normalized spacial score (nSPS) is 11.3. The second-order valence-electron chi connectivity index (χ2n) is 5.64. The fourth-order valence-corrected chi connectivity index (χ4v) is 2.39. The van der Waals surface area contributed by atoms with Crippen molar-refractivity contribution in [1.82, 2.24) is 0 Å². The van der Waals surface area contributed by atoms with E-state index in [1.807, 2.05) is 6.92 Å². The van der Waals surface area contributed by atoms with Crippen LogP contribution in [0.15, 0.2) is 36.4 Å². The molecule has 7 heteroatoms. The number of alkyl halides is 3. The van der Waals surface area contributed by atoms with Crippen LogP contribution in [-0.4, -0.2) is 5.91 Å². The Bertz CT molecular complexity index is 788. The van der Waals surface area contributed by atoms with Gasteiger partial charge in [0.2, 0.25) is 5.91 Å². The number of hydrogen-bond acceptors (Lipinski definition) is 2. The molecule has 0 saturated carbocycles. The van der Waals surface area contributed by atoms with Gasteiger partial charge in [0, 0.05) is 17.7 Å². The highest BCUT2D eigenvalue weighted by Crippen LogP contribution is 2.36. The number of hydrogen-bond donors (Lipinski definition) is 1. The molecule has 0 radical (unpaired) electrons. The number of carbonyl (C=O) groups excluding carboxylic acids is 1. The molecular formula is C19H19F4NO2. The van der Waals surface area contributed by atoms with Crippen molar-refractivity contribution in [3.05, 3.63) is 58.9 Å². The maximum absolute atomic E-state index is 14.0. The van der Waals surface area contributed by atoms with Crippen molar-refractivity contribution in [2.24, 2.45) is 0 Å². The molecule has 0 aliphatic rings. The Morgan fingerprint density at radius 2 is 1.88 bits per heavy atom. The number of benzene rings is 2. The lowest BCUT2D eigenvalue weighted by Crippen LogP contribution is -2.17. The number of carbonyl (C=O) groups is 1. The first kappa shape index (κ1) is 19.8. The number of anilines is 1. The Kier molecular flexibility index (Phi) is 6.23. The number of nitrogens with one attached hydrogen (secondary N) is 1. The number of ether oxygens (including phenoxy) is 1. The second-order valence-corrected chi connectivity index (χ2v) is 5.64. The molecule has 0 atom stereocenters. The summed E-state index contributed by atoms with van der Waals surface area (Å²) in [6, 6.07) is 7.77. The minimum absolute atomic E-state index is 0.00254. The van der Waals surface area contributed by atoms with Crippen LogP contribution in [0.3, 0.4) is 0 Å². The Balaban J connectivity index is 2.35. The minimum atomic E-state index is -4.63. The van der Waals surface area contributed by atoms with E-state index in [4.69, 9.17) is 4.74 Å². The highest BCUT2D eigenvalue weighted by molar-refractivity contribution is 5.91. The summed E-state index contributed by atoms with van der Waals surface area (Å²) in [5.41, 5.74) is -0.434. The quantitative estimate of drug-likeness (QED) is 0.699. The lowest BCUT2D eigenvalue weighted by atomic mass is 10.0. The maximum Gasteiger partial charge on any atom is 0.416 e. The smallest absolute Gasteiger partial charge is 0.416 e. The zero-order valence-corrected chi connectivity index (χ0v) is 14.4. The highest BCUT2D eigenvalue weighted by Gasteiger charge is 2.34. The van der Waals surface area contributed by atoms with Crippen LogP contribution < -0.4 is 10.1 Å². The molecule has 2 aromatic rings. The topological polar surface area (TPSA) is 38.3 Å². The minimum Gasteiger partial charge on any atom is -0.486 e. The van der Waals surface area contributed by atoms with E-state index in [1.165, 1.54) is 24.3 Å². The molecule has 0 saturated heterocycles. The largest absolute Gasteiger partial charge is 0.486 e. The molecule has 0 spiro atoms. The SMILES string of the molecule is CCC(=O)Nc1cccc(C(F)(F)F)c1COc1ccc(CC)cc1F. The van der Waals surface area contributed by atoms with Crippen molar-refractivity contribution >= 4 is 11.6 Å². The summed E-state index contributed by atoms with van der Waals surface area (Å²) < 4.78 is 59.2. The van der Waals surface area contributed by atoms with Gasteiger partial charge in [0.1, 0.15) is 6.61 Å². The van der Waals surface area contributed by atoms with E-state index < -0.39 is 30.1 Å². The zero-order chi connectivity index (χ0) is 19.3. The average Bonchev–Trinajstić information content (AvgIpc) is 2.60. The van der Waals surface area contributed by atoms with Crippen molar-refractivity contribution in [3.8, 4) is 5.75 Å². The molecule has 26 heavy (non-hydrogen) atoms. The molecule has 3 nitrogen and oxygen atoms in total. The van der Waals surface area contributed by atoms with E-state index in [-0.39, 0.29) is 23.4 Å². The predicted molar refractivity (Wildman–Crippen MR) is 90.5 cm³/mol. The third-order valence-corrected chi connectivity index (χ3v) is 3.85. The molecule has 2 aromatic carbocycles. The van der Waals surface area contributed by atoms with Gasteiger partial charge in [-0.05, 0) is 36.2 Å². The van der Waals surface area contributed by atoms with Crippen molar-refractivity contribution in [2.45, 2.75) is 39.5 Å². The Hall–Kier alpha value is -2.57. The van der Waals surface area contributed by atoms with E-state index >= 15 is 0 Å². The van der Waals surface area contributed by atoms with Gasteiger partial charge in [0.05, 0.1) is 5.56 Å². The van der Waals surface area contributed by atoms with Crippen molar-refractivity contribution in [3.63, 3.8) is 0 Å². The van der Waals surface area contributed by atoms with E-state index in [9.17, 15) is 22.4 Å². The summed E-state index contributed by atoms with van der Waals surface area (Å²) in [5, 5.41) is 2.43. The van der Waals surface area contributed by atoms with Crippen molar-refractivity contribution in [2.75, 3.05) is 5.32 Å². The van der Waals surface area contributed by atoms with Gasteiger partial charge in [-0.15, -0.1) is 0 Å². The lowest BCUT2D eigenvalue weighted by molar-refractivity contribution is -0.138. The molecule has 1 amide bonds. The van der Waals surface area contributed by atoms with E-state index in [1.54, 1.807) is 13.0 Å². The average molecular weight is 369 g/mol. The van der Waals surface area contributed by atoms with E-state index in [2.05, 4.69) is 5.32 Å². The molecular weight excluding hydrogens is 350 g/mol. The number of rotatable bonds is 6. The molecule has 0 heterocycles. The van der Waals surface area contributed by atoms with Gasteiger partial charge >= 0.3 is 6.18 Å².